The maximum atomic E-state index is 11.0. The van der Waals surface area contributed by atoms with E-state index >= 15 is 0 Å². The van der Waals surface area contributed by atoms with Crippen molar-refractivity contribution in [2.75, 3.05) is 0 Å². The average Bonchev–Trinajstić information content (AvgIpc) is 2.51. The monoisotopic (exact) mass is 165 g/mol. The van der Waals surface area contributed by atoms with Gasteiger partial charge in [-0.2, -0.15) is 0 Å². The van der Waals surface area contributed by atoms with Gasteiger partial charge in [-0.1, -0.05) is 6.92 Å². The number of aryl methyl sites for hydroxylation is 1. The normalized spacial score (nSPS) is 9.08. The van der Waals surface area contributed by atoms with Crippen molar-refractivity contribution < 1.29 is 14.0 Å². The second-order valence-corrected chi connectivity index (χ2v) is 2.12. The summed E-state index contributed by atoms with van der Waals surface area (Å²) in [6.45, 7) is 1.85. The molecule has 0 aromatic carbocycles. The highest BCUT2D eigenvalue weighted by Gasteiger charge is 2.11. The highest BCUT2D eigenvalue weighted by atomic mass is 16.3. The third-order valence-electron chi connectivity index (χ3n) is 1.44. The Kier molecular flexibility index (Phi) is 2.56. The molecule has 0 fully saturated rings. The van der Waals surface area contributed by atoms with Crippen molar-refractivity contribution in [3.05, 3.63) is 23.7 Å². The van der Waals surface area contributed by atoms with Crippen molar-refractivity contribution in [1.82, 2.24) is 0 Å². The van der Waals surface area contributed by atoms with Crippen LogP contribution in [0.15, 0.2) is 21.7 Å². The van der Waals surface area contributed by atoms with Gasteiger partial charge in [0.2, 0.25) is 6.08 Å². The van der Waals surface area contributed by atoms with Gasteiger partial charge in [-0.05, 0) is 6.07 Å². The summed E-state index contributed by atoms with van der Waals surface area (Å²) in [7, 11) is 0. The summed E-state index contributed by atoms with van der Waals surface area (Å²) in [5.74, 6) is -0.0606. The Hall–Kier alpha value is -1.67. The number of amides is 1. The van der Waals surface area contributed by atoms with Crippen LogP contribution in [0, 0.1) is 0 Å². The second kappa shape index (κ2) is 3.64. The van der Waals surface area contributed by atoms with Gasteiger partial charge < -0.3 is 4.42 Å². The van der Waals surface area contributed by atoms with Crippen LogP contribution in [0.25, 0.3) is 0 Å². The number of nitrogens with zero attached hydrogens (tertiary/aromatic N) is 1. The van der Waals surface area contributed by atoms with E-state index in [1.165, 1.54) is 18.4 Å². The van der Waals surface area contributed by atoms with E-state index in [-0.39, 0.29) is 0 Å². The van der Waals surface area contributed by atoms with Crippen LogP contribution in [0.2, 0.25) is 0 Å². The minimum atomic E-state index is -0.601. The fraction of sp³-hybridized carbons (Fsp3) is 0.250. The summed E-state index contributed by atoms with van der Waals surface area (Å²) in [5.41, 5.74) is 0.334. The number of furan rings is 1. The number of isocyanates is 1. The molecule has 0 spiro atoms. The molecule has 0 aliphatic heterocycles. The minimum Gasteiger partial charge on any atom is -0.469 e. The van der Waals surface area contributed by atoms with Gasteiger partial charge in [-0.25, -0.2) is 4.79 Å². The molecule has 0 radical (unpaired) electrons. The van der Waals surface area contributed by atoms with Crippen molar-refractivity contribution in [1.29, 1.82) is 0 Å². The Morgan fingerprint density at radius 1 is 1.75 bits per heavy atom. The van der Waals surface area contributed by atoms with Crippen molar-refractivity contribution in [2.24, 2.45) is 4.99 Å². The molecule has 0 saturated heterocycles. The molecule has 0 aliphatic rings. The molecule has 0 aliphatic carbocycles. The molecule has 12 heavy (non-hydrogen) atoms. The zero-order valence-electron chi connectivity index (χ0n) is 6.53. The molecule has 4 nitrogen and oxygen atoms in total. The number of hydrogen-bond donors (Lipinski definition) is 0. The first-order valence-corrected chi connectivity index (χ1v) is 3.48. The molecule has 1 aromatic heterocycles. The summed E-state index contributed by atoms with van der Waals surface area (Å²) in [6.07, 6.45) is 3.19. The van der Waals surface area contributed by atoms with Gasteiger partial charge in [-0.3, -0.25) is 4.79 Å². The highest BCUT2D eigenvalue weighted by molar-refractivity contribution is 5.98. The first kappa shape index (κ1) is 8.43. The quantitative estimate of drug-likeness (QED) is 0.490. The molecule has 0 unspecified atom stereocenters. The van der Waals surface area contributed by atoms with Crippen LogP contribution >= 0.6 is 0 Å². The van der Waals surface area contributed by atoms with E-state index in [0.29, 0.717) is 17.7 Å². The van der Waals surface area contributed by atoms with Crippen LogP contribution in [0.4, 0.5) is 0 Å². The summed E-state index contributed by atoms with van der Waals surface area (Å²) in [6, 6.07) is 1.49. The van der Waals surface area contributed by atoms with Crippen molar-refractivity contribution in [3.8, 4) is 0 Å². The molecule has 4 heteroatoms. The van der Waals surface area contributed by atoms with Gasteiger partial charge in [0, 0.05) is 6.42 Å². The lowest BCUT2D eigenvalue weighted by molar-refractivity contribution is 0.100. The number of hydrogen-bond acceptors (Lipinski definition) is 3. The van der Waals surface area contributed by atoms with E-state index in [4.69, 9.17) is 4.42 Å². The molecular weight excluding hydrogens is 158 g/mol. The van der Waals surface area contributed by atoms with Gasteiger partial charge in [-0.15, -0.1) is 4.99 Å². The van der Waals surface area contributed by atoms with Crippen molar-refractivity contribution in [3.63, 3.8) is 0 Å². The Balaban J connectivity index is 3.01. The molecule has 62 valence electrons. The lowest BCUT2D eigenvalue weighted by Gasteiger charge is -1.90. The third-order valence-corrected chi connectivity index (χ3v) is 1.44. The Labute approximate surface area is 68.9 Å². The molecular formula is C8H7NO3. The number of rotatable bonds is 2. The summed E-state index contributed by atoms with van der Waals surface area (Å²) < 4.78 is 4.97. The Morgan fingerprint density at radius 2 is 2.50 bits per heavy atom. The zero-order chi connectivity index (χ0) is 8.97. The van der Waals surface area contributed by atoms with Gasteiger partial charge in [0.05, 0.1) is 11.8 Å². The molecule has 0 saturated carbocycles. The lowest BCUT2D eigenvalue weighted by atomic mass is 10.2. The van der Waals surface area contributed by atoms with Crippen LogP contribution in [0.5, 0.6) is 0 Å². The van der Waals surface area contributed by atoms with E-state index in [1.54, 1.807) is 0 Å². The first-order valence-electron chi connectivity index (χ1n) is 3.48. The second-order valence-electron chi connectivity index (χ2n) is 2.12. The van der Waals surface area contributed by atoms with E-state index in [2.05, 4.69) is 4.99 Å². The predicted molar refractivity (Wildman–Crippen MR) is 40.5 cm³/mol. The van der Waals surface area contributed by atoms with Crippen molar-refractivity contribution in [2.45, 2.75) is 13.3 Å². The highest BCUT2D eigenvalue weighted by Crippen LogP contribution is 2.11. The summed E-state index contributed by atoms with van der Waals surface area (Å²) in [5, 5.41) is 0. The van der Waals surface area contributed by atoms with Gasteiger partial charge >= 0.3 is 0 Å². The third kappa shape index (κ3) is 1.49. The molecule has 0 N–H and O–H groups in total. The van der Waals surface area contributed by atoms with Crippen LogP contribution < -0.4 is 0 Å². The standard InChI is InChI=1S/C8H7NO3/c1-2-7-6(3-4-12-7)8(11)9-5-10/h3-4H,2H2,1H3. The number of carbonyl (C=O) groups excluding carboxylic acids is 2. The largest absolute Gasteiger partial charge is 0.469 e. The van der Waals surface area contributed by atoms with E-state index in [9.17, 15) is 9.59 Å². The van der Waals surface area contributed by atoms with Crippen molar-refractivity contribution >= 4 is 12.0 Å². The molecule has 1 heterocycles. The van der Waals surface area contributed by atoms with Gasteiger partial charge in [0.15, 0.2) is 0 Å². The molecule has 1 amide bonds. The summed E-state index contributed by atoms with van der Waals surface area (Å²) in [4.78, 5) is 23.7. The van der Waals surface area contributed by atoms with E-state index in [0.717, 1.165) is 0 Å². The number of aliphatic imine (C=N–C) groups is 1. The van der Waals surface area contributed by atoms with Crippen LogP contribution in [0.1, 0.15) is 23.0 Å². The minimum absolute atomic E-state index is 0.334. The molecule has 1 aromatic rings. The fourth-order valence-electron chi connectivity index (χ4n) is 0.907. The first-order chi connectivity index (χ1) is 5.79. The van der Waals surface area contributed by atoms with E-state index in [1.807, 2.05) is 6.92 Å². The lowest BCUT2D eigenvalue weighted by Crippen LogP contribution is -1.95. The zero-order valence-corrected chi connectivity index (χ0v) is 6.53. The van der Waals surface area contributed by atoms with Crippen LogP contribution in [-0.2, 0) is 11.2 Å². The van der Waals surface area contributed by atoms with Crippen LogP contribution in [-0.4, -0.2) is 12.0 Å². The van der Waals surface area contributed by atoms with Gasteiger partial charge in [0.25, 0.3) is 5.91 Å². The smallest absolute Gasteiger partial charge is 0.291 e. The number of carbonyl (C=O) groups is 1. The molecule has 0 atom stereocenters. The van der Waals surface area contributed by atoms with E-state index < -0.39 is 5.91 Å². The fourth-order valence-corrected chi connectivity index (χ4v) is 0.907. The average molecular weight is 165 g/mol. The maximum Gasteiger partial charge on any atom is 0.291 e. The maximum absolute atomic E-state index is 11.0. The molecule has 1 rings (SSSR count). The predicted octanol–water partition coefficient (Wildman–Crippen LogP) is 1.32. The molecule has 0 bridgehead atoms. The SMILES string of the molecule is CCc1occc1C(=O)N=C=O. The summed E-state index contributed by atoms with van der Waals surface area (Å²) >= 11 is 0. The topological polar surface area (TPSA) is 59.6 Å². The Morgan fingerprint density at radius 3 is 3.08 bits per heavy atom. The van der Waals surface area contributed by atoms with Gasteiger partial charge in [0.1, 0.15) is 5.76 Å². The Bertz CT molecular complexity index is 334. The van der Waals surface area contributed by atoms with Crippen LogP contribution in [0.3, 0.4) is 0 Å².